The van der Waals surface area contributed by atoms with Crippen molar-refractivity contribution >= 4 is 6.21 Å². The van der Waals surface area contributed by atoms with E-state index < -0.39 is 0 Å². The average Bonchev–Trinajstić information content (AvgIpc) is 2.37. The largest absolute Gasteiger partial charge is 0.265 e. The molecule has 1 atom stereocenters. The molecule has 66 valence electrons. The van der Waals surface area contributed by atoms with Gasteiger partial charge in [-0.05, 0) is 29.7 Å². The molecule has 1 heterocycles. The van der Waals surface area contributed by atoms with Crippen molar-refractivity contribution in [3.63, 3.8) is 0 Å². The Morgan fingerprint density at radius 1 is 1.42 bits per heavy atom. The third-order valence-electron chi connectivity index (χ3n) is 3.06. The van der Waals surface area contributed by atoms with E-state index in [2.05, 4.69) is 32.0 Å². The molecule has 0 aromatic rings. The zero-order valence-electron chi connectivity index (χ0n) is 8.22. The lowest BCUT2D eigenvalue weighted by Gasteiger charge is -2.28. The molecule has 1 unspecified atom stereocenters. The van der Waals surface area contributed by atoms with Crippen LogP contribution in [0.4, 0.5) is 0 Å². The zero-order chi connectivity index (χ0) is 8.77. The smallest absolute Gasteiger partial charge is 0.0398 e. The number of hydrogen-bond donors (Lipinski definition) is 0. The lowest BCUT2D eigenvalue weighted by atomic mass is 9.76. The Kier molecular flexibility index (Phi) is 1.64. The first kappa shape index (κ1) is 8.03. The minimum Gasteiger partial charge on any atom is -0.265 e. The lowest BCUT2D eigenvalue weighted by Crippen LogP contribution is -2.19. The minimum absolute atomic E-state index is 0.435. The van der Waals surface area contributed by atoms with E-state index in [4.69, 9.17) is 0 Å². The van der Waals surface area contributed by atoms with Gasteiger partial charge in [0.1, 0.15) is 0 Å². The van der Waals surface area contributed by atoms with Gasteiger partial charge in [-0.25, -0.2) is 0 Å². The van der Waals surface area contributed by atoms with Crippen LogP contribution in [0, 0.1) is 11.3 Å². The molecule has 1 heteroatoms. The van der Waals surface area contributed by atoms with Gasteiger partial charge in [-0.15, -0.1) is 0 Å². The summed E-state index contributed by atoms with van der Waals surface area (Å²) in [5, 5.41) is 0. The number of nitrogens with zero attached hydrogens (tertiary/aromatic N) is 1. The molecule has 0 amide bonds. The molecule has 0 saturated carbocycles. The predicted molar refractivity (Wildman–Crippen MR) is 52.3 cm³/mol. The van der Waals surface area contributed by atoms with Crippen LogP contribution in [0.1, 0.15) is 40.0 Å². The average molecular weight is 163 g/mol. The van der Waals surface area contributed by atoms with E-state index in [1.54, 1.807) is 5.57 Å². The summed E-state index contributed by atoms with van der Waals surface area (Å²) in [6, 6.07) is 0. The van der Waals surface area contributed by atoms with Crippen LogP contribution >= 0.6 is 0 Å². The molecular formula is C11H17N. The fourth-order valence-corrected chi connectivity index (χ4v) is 2.43. The summed E-state index contributed by atoms with van der Waals surface area (Å²) in [4.78, 5) is 4.42. The minimum atomic E-state index is 0.435. The van der Waals surface area contributed by atoms with E-state index in [1.165, 1.54) is 18.5 Å². The predicted octanol–water partition coefficient (Wildman–Crippen LogP) is 3.17. The maximum absolute atomic E-state index is 4.42. The Morgan fingerprint density at radius 2 is 2.17 bits per heavy atom. The summed E-state index contributed by atoms with van der Waals surface area (Å²) in [7, 11) is 0. The zero-order valence-corrected chi connectivity index (χ0v) is 8.22. The van der Waals surface area contributed by atoms with E-state index >= 15 is 0 Å². The lowest BCUT2D eigenvalue weighted by molar-refractivity contribution is 0.276. The van der Waals surface area contributed by atoms with Crippen LogP contribution in [-0.4, -0.2) is 6.21 Å². The first-order valence-corrected chi connectivity index (χ1v) is 4.83. The molecule has 0 aromatic carbocycles. The second kappa shape index (κ2) is 2.45. The van der Waals surface area contributed by atoms with E-state index in [9.17, 15) is 0 Å². The topological polar surface area (TPSA) is 12.4 Å². The van der Waals surface area contributed by atoms with Gasteiger partial charge in [-0.1, -0.05) is 20.8 Å². The molecule has 12 heavy (non-hydrogen) atoms. The highest BCUT2D eigenvalue weighted by molar-refractivity contribution is 5.68. The van der Waals surface area contributed by atoms with Crippen molar-refractivity contribution < 1.29 is 0 Å². The number of hydrogen-bond acceptors (Lipinski definition) is 1. The third kappa shape index (κ3) is 1.12. The van der Waals surface area contributed by atoms with Crippen LogP contribution in [0.15, 0.2) is 16.3 Å². The van der Waals surface area contributed by atoms with Crippen molar-refractivity contribution in [1.29, 1.82) is 0 Å². The molecule has 0 fully saturated rings. The van der Waals surface area contributed by atoms with Gasteiger partial charge in [-0.3, -0.25) is 4.99 Å². The number of aliphatic imine (C=N–C) groups is 1. The summed E-state index contributed by atoms with van der Waals surface area (Å²) in [5.74, 6) is 0.787. The quantitative estimate of drug-likeness (QED) is 0.520. The van der Waals surface area contributed by atoms with Crippen LogP contribution in [0.3, 0.4) is 0 Å². The first-order chi connectivity index (χ1) is 5.59. The summed E-state index contributed by atoms with van der Waals surface area (Å²) >= 11 is 0. The summed E-state index contributed by atoms with van der Waals surface area (Å²) < 4.78 is 0. The molecule has 2 rings (SSSR count). The Labute approximate surface area is 74.6 Å². The molecule has 0 aromatic heterocycles. The van der Waals surface area contributed by atoms with Crippen LogP contribution in [0.2, 0.25) is 0 Å². The Morgan fingerprint density at radius 3 is 2.83 bits per heavy atom. The van der Waals surface area contributed by atoms with Gasteiger partial charge >= 0.3 is 0 Å². The normalized spacial score (nSPS) is 28.4. The number of rotatable bonds is 0. The van der Waals surface area contributed by atoms with Crippen LogP contribution in [0.5, 0.6) is 0 Å². The van der Waals surface area contributed by atoms with Crippen molar-refractivity contribution in [3.05, 3.63) is 11.3 Å². The van der Waals surface area contributed by atoms with Crippen molar-refractivity contribution in [1.82, 2.24) is 0 Å². The van der Waals surface area contributed by atoms with Gasteiger partial charge in [-0.2, -0.15) is 0 Å². The van der Waals surface area contributed by atoms with Crippen LogP contribution < -0.4 is 0 Å². The molecule has 2 aliphatic rings. The van der Waals surface area contributed by atoms with Crippen LogP contribution in [0.25, 0.3) is 0 Å². The van der Waals surface area contributed by atoms with Gasteiger partial charge in [0.15, 0.2) is 0 Å². The maximum atomic E-state index is 4.42. The van der Waals surface area contributed by atoms with Gasteiger partial charge in [0.05, 0.1) is 0 Å². The fraction of sp³-hybridized carbons (Fsp3) is 0.727. The summed E-state index contributed by atoms with van der Waals surface area (Å²) in [6.07, 6.45) is 5.74. The van der Waals surface area contributed by atoms with Gasteiger partial charge in [0.2, 0.25) is 0 Å². The second-order valence-corrected chi connectivity index (χ2v) is 4.95. The molecule has 0 radical (unpaired) electrons. The summed E-state index contributed by atoms with van der Waals surface area (Å²) in [6.45, 7) is 7.02. The summed E-state index contributed by atoms with van der Waals surface area (Å²) in [5.41, 5.74) is 3.46. The number of allylic oxidation sites excluding steroid dienone is 2. The highest BCUT2D eigenvalue weighted by Gasteiger charge is 2.34. The Bertz CT molecular complexity index is 253. The molecule has 1 aliphatic carbocycles. The van der Waals surface area contributed by atoms with Crippen LogP contribution in [-0.2, 0) is 0 Å². The van der Waals surface area contributed by atoms with Gasteiger partial charge in [0, 0.05) is 18.3 Å². The highest BCUT2D eigenvalue weighted by atomic mass is 14.8. The SMILES string of the molecule is CC(C)(C)C1CCC2=C1CC=N2. The van der Waals surface area contributed by atoms with Crippen molar-refractivity contribution in [2.75, 3.05) is 0 Å². The second-order valence-electron chi connectivity index (χ2n) is 4.95. The van der Waals surface area contributed by atoms with E-state index in [0.29, 0.717) is 5.41 Å². The molecule has 0 bridgehead atoms. The van der Waals surface area contributed by atoms with Crippen molar-refractivity contribution in [3.8, 4) is 0 Å². The van der Waals surface area contributed by atoms with Gasteiger partial charge < -0.3 is 0 Å². The molecular weight excluding hydrogens is 146 g/mol. The molecule has 0 saturated heterocycles. The Balaban J connectivity index is 2.23. The molecule has 1 aliphatic heterocycles. The van der Waals surface area contributed by atoms with Crippen molar-refractivity contribution in [2.24, 2.45) is 16.3 Å². The standard InChI is InChI=1S/C11H17N/c1-11(2,3)9-4-5-10-8(9)6-7-12-10/h7,9H,4-6H2,1-3H3. The van der Waals surface area contributed by atoms with E-state index in [0.717, 1.165) is 12.3 Å². The van der Waals surface area contributed by atoms with Gasteiger partial charge in [0.25, 0.3) is 0 Å². The van der Waals surface area contributed by atoms with Crippen molar-refractivity contribution in [2.45, 2.75) is 40.0 Å². The van der Waals surface area contributed by atoms with E-state index in [-0.39, 0.29) is 0 Å². The monoisotopic (exact) mass is 163 g/mol. The maximum Gasteiger partial charge on any atom is 0.0398 e. The first-order valence-electron chi connectivity index (χ1n) is 4.83. The molecule has 0 N–H and O–H groups in total. The molecule has 1 nitrogen and oxygen atoms in total. The fourth-order valence-electron chi connectivity index (χ4n) is 2.43. The highest BCUT2D eigenvalue weighted by Crippen LogP contribution is 2.46. The Hall–Kier alpha value is -0.590. The third-order valence-corrected chi connectivity index (χ3v) is 3.06. The molecule has 0 spiro atoms. The van der Waals surface area contributed by atoms with E-state index in [1.807, 2.05) is 0 Å².